The maximum atomic E-state index is 13.3. The summed E-state index contributed by atoms with van der Waals surface area (Å²) in [5.74, 6) is -0.544. The fraction of sp³-hybridized carbons (Fsp3) is 0.650. The Morgan fingerprint density at radius 3 is 2.85 bits per heavy atom. The number of furan rings is 1. The predicted molar refractivity (Wildman–Crippen MR) is 96.0 cm³/mol. The summed E-state index contributed by atoms with van der Waals surface area (Å²) in [5.41, 5.74) is 0.420. The summed E-state index contributed by atoms with van der Waals surface area (Å²) in [4.78, 5) is 39.7. The second-order valence-corrected chi connectivity index (χ2v) is 8.34. The Bertz CT molecular complexity index is 723. The van der Waals surface area contributed by atoms with Crippen LogP contribution in [0.25, 0.3) is 0 Å². The Labute approximate surface area is 158 Å². The van der Waals surface area contributed by atoms with Gasteiger partial charge in [-0.3, -0.25) is 14.4 Å². The van der Waals surface area contributed by atoms with Crippen molar-refractivity contribution in [2.45, 2.75) is 63.6 Å². The highest BCUT2D eigenvalue weighted by molar-refractivity contribution is 5.99. The van der Waals surface area contributed by atoms with E-state index >= 15 is 0 Å². The van der Waals surface area contributed by atoms with E-state index in [1.165, 1.54) is 12.5 Å². The van der Waals surface area contributed by atoms with Crippen molar-refractivity contribution >= 4 is 17.6 Å². The van der Waals surface area contributed by atoms with Crippen molar-refractivity contribution < 1.29 is 23.5 Å². The zero-order chi connectivity index (χ0) is 19.0. The molecule has 4 rings (SSSR count). The smallest absolute Gasteiger partial charge is 0.255 e. The quantitative estimate of drug-likeness (QED) is 0.851. The summed E-state index contributed by atoms with van der Waals surface area (Å²) in [6, 6.07) is 0.429. The van der Waals surface area contributed by atoms with Gasteiger partial charge < -0.3 is 19.4 Å². The average Bonchev–Trinajstić information content (AvgIpc) is 3.40. The summed E-state index contributed by atoms with van der Waals surface area (Å²) in [6.45, 7) is 2.75. The molecule has 3 aliphatic rings. The van der Waals surface area contributed by atoms with Crippen molar-refractivity contribution in [3.8, 4) is 0 Å². The number of rotatable bonds is 5. The number of fused-ring (bicyclic) bond motifs is 1. The molecular weight excluding hydrogens is 348 g/mol. The van der Waals surface area contributed by atoms with Crippen LogP contribution in [0.3, 0.4) is 0 Å². The first-order chi connectivity index (χ1) is 13.0. The van der Waals surface area contributed by atoms with Gasteiger partial charge in [-0.05, 0) is 37.2 Å². The molecule has 3 heterocycles. The highest BCUT2D eigenvalue weighted by atomic mass is 16.5. The molecule has 1 N–H and O–H groups in total. The van der Waals surface area contributed by atoms with E-state index < -0.39 is 12.1 Å². The van der Waals surface area contributed by atoms with E-state index in [1.807, 2.05) is 0 Å². The number of Topliss-reactive ketones (excluding diaryl/α,β-unsaturated/α-hetero) is 1. The van der Waals surface area contributed by atoms with E-state index in [4.69, 9.17) is 9.15 Å². The number of amides is 2. The van der Waals surface area contributed by atoms with Crippen LogP contribution in [0.4, 0.5) is 0 Å². The van der Waals surface area contributed by atoms with E-state index in [2.05, 4.69) is 12.2 Å². The van der Waals surface area contributed by atoms with E-state index in [0.717, 1.165) is 25.7 Å². The fourth-order valence-corrected chi connectivity index (χ4v) is 4.80. The van der Waals surface area contributed by atoms with Gasteiger partial charge in [-0.15, -0.1) is 0 Å². The first-order valence-corrected chi connectivity index (χ1v) is 9.75. The number of hydrogen-bond donors (Lipinski definition) is 1. The number of nitrogens with zero attached hydrogens (tertiary/aromatic N) is 1. The van der Waals surface area contributed by atoms with Crippen LogP contribution in [0.5, 0.6) is 0 Å². The Morgan fingerprint density at radius 2 is 2.15 bits per heavy atom. The minimum absolute atomic E-state index is 0.0271. The molecule has 2 amide bonds. The molecule has 2 saturated heterocycles. The van der Waals surface area contributed by atoms with Crippen LogP contribution < -0.4 is 5.32 Å². The van der Waals surface area contributed by atoms with E-state index in [9.17, 15) is 14.4 Å². The normalized spacial score (nSPS) is 27.6. The third kappa shape index (κ3) is 3.52. The molecule has 27 heavy (non-hydrogen) atoms. The van der Waals surface area contributed by atoms with E-state index in [1.54, 1.807) is 11.0 Å². The number of hydrogen-bond acceptors (Lipinski definition) is 5. The molecule has 1 aromatic rings. The highest BCUT2D eigenvalue weighted by Gasteiger charge is 2.48. The largest absolute Gasteiger partial charge is 0.472 e. The molecule has 2 aliphatic heterocycles. The van der Waals surface area contributed by atoms with Gasteiger partial charge in [0.1, 0.15) is 25.0 Å². The molecule has 3 fully saturated rings. The van der Waals surface area contributed by atoms with Crippen molar-refractivity contribution in [1.82, 2.24) is 10.2 Å². The maximum Gasteiger partial charge on any atom is 0.255 e. The second kappa shape index (κ2) is 7.11. The monoisotopic (exact) mass is 374 g/mol. The Morgan fingerprint density at radius 1 is 1.37 bits per heavy atom. The van der Waals surface area contributed by atoms with Gasteiger partial charge in [0.05, 0.1) is 17.9 Å². The van der Waals surface area contributed by atoms with Gasteiger partial charge in [-0.1, -0.05) is 19.8 Å². The van der Waals surface area contributed by atoms with Crippen molar-refractivity contribution in [1.29, 1.82) is 0 Å². The SMILES string of the molecule is CC1(CC(NC(=O)c2ccoc2)C(=O)N2CC[C@H]3OCC(=O)[C@H]32)CCCC1. The topological polar surface area (TPSA) is 88.8 Å². The number of nitrogens with one attached hydrogen (secondary N) is 1. The van der Waals surface area contributed by atoms with Crippen LogP contribution in [0, 0.1) is 5.41 Å². The summed E-state index contributed by atoms with van der Waals surface area (Å²) in [6.07, 6.45) is 8.24. The lowest BCUT2D eigenvalue weighted by Crippen LogP contribution is -2.53. The maximum absolute atomic E-state index is 13.3. The minimum Gasteiger partial charge on any atom is -0.472 e. The van der Waals surface area contributed by atoms with Crippen molar-refractivity contribution in [2.75, 3.05) is 13.2 Å². The molecule has 0 aromatic carbocycles. The summed E-state index contributed by atoms with van der Waals surface area (Å²) >= 11 is 0. The van der Waals surface area contributed by atoms with E-state index in [0.29, 0.717) is 24.9 Å². The van der Waals surface area contributed by atoms with Crippen LogP contribution in [-0.4, -0.2) is 53.8 Å². The number of carbonyl (C=O) groups is 3. The molecule has 0 radical (unpaired) electrons. The third-order valence-corrected chi connectivity index (χ3v) is 6.29. The van der Waals surface area contributed by atoms with Crippen LogP contribution in [0.2, 0.25) is 0 Å². The number of ether oxygens (including phenoxy) is 1. The van der Waals surface area contributed by atoms with Crippen LogP contribution >= 0.6 is 0 Å². The molecule has 1 aliphatic carbocycles. The molecule has 1 unspecified atom stereocenters. The lowest BCUT2D eigenvalue weighted by atomic mass is 9.81. The first-order valence-electron chi connectivity index (χ1n) is 9.75. The molecule has 1 saturated carbocycles. The number of ketones is 1. The predicted octanol–water partition coefficient (Wildman–Crippen LogP) is 1.92. The minimum atomic E-state index is -0.650. The van der Waals surface area contributed by atoms with Gasteiger partial charge >= 0.3 is 0 Å². The van der Waals surface area contributed by atoms with Crippen LogP contribution in [0.1, 0.15) is 55.8 Å². The summed E-state index contributed by atoms with van der Waals surface area (Å²) < 4.78 is 10.5. The standard InChI is InChI=1S/C20H26N2O5/c1-20(6-2-3-7-20)10-14(21-18(24)13-5-9-26-11-13)19(25)22-8-4-16-17(22)15(23)12-27-16/h5,9,11,14,16-17H,2-4,6-8,10,12H2,1H3,(H,21,24)/t14?,16-,17-/m1/s1. The molecule has 0 bridgehead atoms. The van der Waals surface area contributed by atoms with Gasteiger partial charge in [0, 0.05) is 6.54 Å². The van der Waals surface area contributed by atoms with Gasteiger partial charge in [-0.25, -0.2) is 0 Å². The second-order valence-electron chi connectivity index (χ2n) is 8.34. The first kappa shape index (κ1) is 18.2. The van der Waals surface area contributed by atoms with E-state index in [-0.39, 0.29) is 35.7 Å². The molecule has 3 atom stereocenters. The lowest BCUT2D eigenvalue weighted by Gasteiger charge is -2.32. The van der Waals surface area contributed by atoms with Gasteiger partial charge in [-0.2, -0.15) is 0 Å². The zero-order valence-electron chi connectivity index (χ0n) is 15.6. The molecule has 7 nitrogen and oxygen atoms in total. The summed E-state index contributed by atoms with van der Waals surface area (Å²) in [5, 5.41) is 2.90. The van der Waals surface area contributed by atoms with Crippen LogP contribution in [-0.2, 0) is 14.3 Å². The van der Waals surface area contributed by atoms with Gasteiger partial charge in [0.2, 0.25) is 5.91 Å². The van der Waals surface area contributed by atoms with Crippen molar-refractivity contribution in [3.63, 3.8) is 0 Å². The Balaban J connectivity index is 1.54. The summed E-state index contributed by atoms with van der Waals surface area (Å²) in [7, 11) is 0. The highest BCUT2D eigenvalue weighted by Crippen LogP contribution is 2.42. The molecule has 1 aromatic heterocycles. The van der Waals surface area contributed by atoms with Gasteiger partial charge in [0.15, 0.2) is 5.78 Å². The molecular formula is C20H26N2O5. The Kier molecular flexibility index (Phi) is 4.80. The molecule has 146 valence electrons. The van der Waals surface area contributed by atoms with Crippen molar-refractivity contribution in [2.24, 2.45) is 5.41 Å². The molecule has 0 spiro atoms. The number of likely N-dealkylation sites (tertiary alicyclic amines) is 1. The fourth-order valence-electron chi connectivity index (χ4n) is 4.80. The number of carbonyl (C=O) groups excluding carboxylic acids is 3. The van der Waals surface area contributed by atoms with Crippen LogP contribution in [0.15, 0.2) is 23.0 Å². The van der Waals surface area contributed by atoms with Gasteiger partial charge in [0.25, 0.3) is 5.91 Å². The lowest BCUT2D eigenvalue weighted by molar-refractivity contribution is -0.138. The zero-order valence-corrected chi connectivity index (χ0v) is 15.6. The Hall–Kier alpha value is -2.15. The third-order valence-electron chi connectivity index (χ3n) is 6.29. The van der Waals surface area contributed by atoms with Crippen molar-refractivity contribution in [3.05, 3.63) is 24.2 Å². The average molecular weight is 374 g/mol. The molecule has 7 heteroatoms.